The number of aryl methyl sites for hydroxylation is 3. The number of pyridine rings is 1. The minimum Gasteiger partial charge on any atom is -0.488 e. The number of likely N-dealkylation sites (tertiary alicyclic amines) is 1. The van der Waals surface area contributed by atoms with Gasteiger partial charge in [0, 0.05) is 49.2 Å². The first-order valence-electron chi connectivity index (χ1n) is 11.0. The van der Waals surface area contributed by atoms with Gasteiger partial charge in [0.05, 0.1) is 11.7 Å². The Morgan fingerprint density at radius 2 is 2.03 bits per heavy atom. The van der Waals surface area contributed by atoms with E-state index in [1.165, 1.54) is 6.42 Å². The molecule has 4 aromatic heterocycles. The zero-order valence-electron chi connectivity index (χ0n) is 18.9. The average molecular weight is 433 g/mol. The van der Waals surface area contributed by atoms with Crippen molar-refractivity contribution in [1.82, 2.24) is 34.3 Å². The molecule has 4 aromatic rings. The molecule has 32 heavy (non-hydrogen) atoms. The maximum atomic E-state index is 6.19. The summed E-state index contributed by atoms with van der Waals surface area (Å²) in [7, 11) is 1.94. The molecule has 0 bridgehead atoms. The largest absolute Gasteiger partial charge is 0.488 e. The fourth-order valence-corrected chi connectivity index (χ4v) is 4.25. The van der Waals surface area contributed by atoms with E-state index in [0.29, 0.717) is 12.6 Å². The fraction of sp³-hybridized carbons (Fsp3) is 0.391. The van der Waals surface area contributed by atoms with Gasteiger partial charge in [-0.25, -0.2) is 14.5 Å². The third-order valence-corrected chi connectivity index (χ3v) is 5.97. The summed E-state index contributed by atoms with van der Waals surface area (Å²) in [5, 5.41) is 12.3. The van der Waals surface area contributed by atoms with Crippen LogP contribution >= 0.6 is 0 Å². The Bertz CT molecular complexity index is 1240. The van der Waals surface area contributed by atoms with E-state index < -0.39 is 0 Å². The molecule has 9 nitrogen and oxygen atoms in total. The summed E-state index contributed by atoms with van der Waals surface area (Å²) in [6.07, 6.45) is 4.94. The van der Waals surface area contributed by atoms with Gasteiger partial charge in [0.1, 0.15) is 23.9 Å². The molecule has 0 aliphatic carbocycles. The normalized spacial score (nSPS) is 16.3. The number of nitrogens with one attached hydrogen (secondary N) is 1. The fourth-order valence-electron chi connectivity index (χ4n) is 4.25. The molecule has 1 saturated heterocycles. The first-order chi connectivity index (χ1) is 15.5. The quantitative estimate of drug-likeness (QED) is 0.479. The lowest BCUT2D eigenvalue weighted by Gasteiger charge is -2.39. The van der Waals surface area contributed by atoms with Crippen LogP contribution in [0.5, 0.6) is 5.75 Å². The highest BCUT2D eigenvalue weighted by atomic mass is 16.5. The van der Waals surface area contributed by atoms with Gasteiger partial charge in [-0.05, 0) is 38.9 Å². The highest BCUT2D eigenvalue weighted by Crippen LogP contribution is 2.31. The Morgan fingerprint density at radius 3 is 2.78 bits per heavy atom. The third kappa shape index (κ3) is 3.91. The molecule has 0 saturated carbocycles. The molecule has 1 atom stereocenters. The third-order valence-electron chi connectivity index (χ3n) is 5.97. The molecular formula is C23H28N8O. The summed E-state index contributed by atoms with van der Waals surface area (Å²) < 4.78 is 9.90. The van der Waals surface area contributed by atoms with Crippen LogP contribution in [-0.4, -0.2) is 60.0 Å². The Balaban J connectivity index is 1.39. The molecule has 9 heteroatoms. The first-order valence-corrected chi connectivity index (χ1v) is 11.0. The van der Waals surface area contributed by atoms with Crippen LogP contribution < -0.4 is 10.1 Å². The zero-order chi connectivity index (χ0) is 22.2. The van der Waals surface area contributed by atoms with Crippen molar-refractivity contribution in [3.8, 4) is 17.0 Å². The van der Waals surface area contributed by atoms with Crippen molar-refractivity contribution in [1.29, 1.82) is 0 Å². The van der Waals surface area contributed by atoms with Crippen molar-refractivity contribution in [3.63, 3.8) is 0 Å². The molecule has 1 N–H and O–H groups in total. The lowest BCUT2D eigenvalue weighted by Crippen LogP contribution is -2.50. The number of hydrogen-bond donors (Lipinski definition) is 1. The van der Waals surface area contributed by atoms with Gasteiger partial charge in [0.2, 0.25) is 0 Å². The SMILES string of the molecule is CCN1CCC1COc1cnn(C)c1-c1ccn2nc(Nc3cc(C)nc(C)n3)cc2c1. The topological polar surface area (TPSA) is 85.4 Å². The molecular weight excluding hydrogens is 404 g/mol. The smallest absolute Gasteiger partial charge is 0.165 e. The van der Waals surface area contributed by atoms with Crippen molar-refractivity contribution in [2.24, 2.45) is 7.05 Å². The second kappa shape index (κ2) is 8.23. The van der Waals surface area contributed by atoms with Crippen molar-refractivity contribution in [2.75, 3.05) is 25.0 Å². The lowest BCUT2D eigenvalue weighted by atomic mass is 10.0. The minimum atomic E-state index is 0.494. The van der Waals surface area contributed by atoms with E-state index in [-0.39, 0.29) is 0 Å². The van der Waals surface area contributed by atoms with Gasteiger partial charge >= 0.3 is 0 Å². The average Bonchev–Trinajstić information content (AvgIpc) is 3.28. The molecule has 166 valence electrons. The van der Waals surface area contributed by atoms with Gasteiger partial charge in [-0.15, -0.1) is 0 Å². The maximum absolute atomic E-state index is 6.19. The zero-order valence-corrected chi connectivity index (χ0v) is 18.9. The number of fused-ring (bicyclic) bond motifs is 1. The highest BCUT2D eigenvalue weighted by molar-refractivity contribution is 5.72. The van der Waals surface area contributed by atoms with Crippen LogP contribution in [0, 0.1) is 13.8 Å². The number of nitrogens with zero attached hydrogens (tertiary/aromatic N) is 7. The molecule has 0 aromatic carbocycles. The first kappa shape index (κ1) is 20.4. The summed E-state index contributed by atoms with van der Waals surface area (Å²) in [5.74, 6) is 3.00. The van der Waals surface area contributed by atoms with Crippen LogP contribution in [0.4, 0.5) is 11.6 Å². The van der Waals surface area contributed by atoms with Crippen LogP contribution in [0.3, 0.4) is 0 Å². The summed E-state index contributed by atoms with van der Waals surface area (Å²) in [6.45, 7) is 8.94. The number of aromatic nitrogens is 6. The molecule has 1 fully saturated rings. The van der Waals surface area contributed by atoms with E-state index in [1.807, 2.05) is 54.5 Å². The second-order valence-electron chi connectivity index (χ2n) is 8.24. The molecule has 1 unspecified atom stereocenters. The van der Waals surface area contributed by atoms with Crippen LogP contribution in [0.2, 0.25) is 0 Å². The standard InChI is InChI=1S/C23H28N8O/c1-5-30-8-7-18(30)14-32-20-13-24-29(4)23(20)17-6-9-31-19(11-17)12-22(28-31)27-21-10-15(2)25-16(3)26-21/h6,9-13,18H,5,7-8,14H2,1-4H3,(H,25,26,27,28). The number of likely N-dealkylation sites (N-methyl/N-ethyl adjacent to an activating group) is 1. The van der Waals surface area contributed by atoms with E-state index in [2.05, 4.69) is 43.4 Å². The van der Waals surface area contributed by atoms with Crippen LogP contribution in [0.15, 0.2) is 36.7 Å². The Hall–Kier alpha value is -3.46. The Labute approximate surface area is 187 Å². The summed E-state index contributed by atoms with van der Waals surface area (Å²) >= 11 is 0. The van der Waals surface area contributed by atoms with E-state index in [1.54, 1.807) is 6.20 Å². The molecule has 5 rings (SSSR count). The van der Waals surface area contributed by atoms with Crippen LogP contribution in [-0.2, 0) is 7.05 Å². The van der Waals surface area contributed by atoms with Crippen LogP contribution in [0.1, 0.15) is 24.9 Å². The van der Waals surface area contributed by atoms with Gasteiger partial charge in [-0.2, -0.15) is 10.2 Å². The molecule has 0 spiro atoms. The highest BCUT2D eigenvalue weighted by Gasteiger charge is 2.27. The van der Waals surface area contributed by atoms with E-state index in [0.717, 1.165) is 58.8 Å². The van der Waals surface area contributed by atoms with E-state index in [9.17, 15) is 0 Å². The molecule has 5 heterocycles. The molecule has 0 amide bonds. The Kier molecular flexibility index (Phi) is 5.26. The molecule has 0 radical (unpaired) electrons. The van der Waals surface area contributed by atoms with Gasteiger partial charge < -0.3 is 10.1 Å². The monoisotopic (exact) mass is 432 g/mol. The number of anilines is 2. The van der Waals surface area contributed by atoms with Gasteiger partial charge in [0.15, 0.2) is 11.6 Å². The van der Waals surface area contributed by atoms with E-state index >= 15 is 0 Å². The predicted molar refractivity (Wildman–Crippen MR) is 123 cm³/mol. The van der Waals surface area contributed by atoms with Gasteiger partial charge in [-0.1, -0.05) is 6.92 Å². The minimum absolute atomic E-state index is 0.494. The summed E-state index contributed by atoms with van der Waals surface area (Å²) in [4.78, 5) is 11.2. The van der Waals surface area contributed by atoms with Crippen molar-refractivity contribution >= 4 is 17.2 Å². The maximum Gasteiger partial charge on any atom is 0.165 e. The van der Waals surface area contributed by atoms with Crippen LogP contribution in [0.25, 0.3) is 16.8 Å². The van der Waals surface area contributed by atoms with Gasteiger partial charge in [-0.3, -0.25) is 9.58 Å². The lowest BCUT2D eigenvalue weighted by molar-refractivity contribution is 0.0563. The summed E-state index contributed by atoms with van der Waals surface area (Å²) in [5.41, 5.74) is 3.89. The van der Waals surface area contributed by atoms with Crippen molar-refractivity contribution < 1.29 is 4.74 Å². The van der Waals surface area contributed by atoms with Gasteiger partial charge in [0.25, 0.3) is 0 Å². The predicted octanol–water partition coefficient (Wildman–Crippen LogP) is 3.36. The van der Waals surface area contributed by atoms with Crippen molar-refractivity contribution in [2.45, 2.75) is 33.2 Å². The van der Waals surface area contributed by atoms with Crippen molar-refractivity contribution in [3.05, 3.63) is 48.2 Å². The molecule has 1 aliphatic rings. The van der Waals surface area contributed by atoms with E-state index in [4.69, 9.17) is 4.74 Å². The number of hydrogen-bond acceptors (Lipinski definition) is 7. The Morgan fingerprint density at radius 1 is 1.16 bits per heavy atom. The summed E-state index contributed by atoms with van der Waals surface area (Å²) in [6, 6.07) is 8.53. The number of rotatable bonds is 7. The second-order valence-corrected chi connectivity index (χ2v) is 8.24. The number of ether oxygens (including phenoxy) is 1. The molecule has 1 aliphatic heterocycles.